The molecule has 2 saturated heterocycles. The SMILES string of the molecule is O=C(NCC1CCCO1)C1CCN(C(=O)C2Sc3ccccc3NC2=O)CC1. The Labute approximate surface area is 168 Å². The molecule has 0 saturated carbocycles. The number of amides is 3. The fourth-order valence-corrected chi connectivity index (χ4v) is 4.98. The number of para-hydroxylation sites is 1. The molecule has 28 heavy (non-hydrogen) atoms. The third-order valence-electron chi connectivity index (χ3n) is 5.56. The van der Waals surface area contributed by atoms with Gasteiger partial charge in [-0.25, -0.2) is 0 Å². The van der Waals surface area contributed by atoms with Crippen molar-refractivity contribution < 1.29 is 19.1 Å². The first-order chi connectivity index (χ1) is 13.6. The van der Waals surface area contributed by atoms with Gasteiger partial charge in [-0.15, -0.1) is 11.8 Å². The van der Waals surface area contributed by atoms with E-state index in [1.165, 1.54) is 11.8 Å². The maximum absolute atomic E-state index is 12.9. The van der Waals surface area contributed by atoms with Crippen LogP contribution < -0.4 is 10.6 Å². The second-order valence-corrected chi connectivity index (χ2v) is 8.61. The van der Waals surface area contributed by atoms with Crippen molar-refractivity contribution in [3.63, 3.8) is 0 Å². The summed E-state index contributed by atoms with van der Waals surface area (Å²) in [5, 5.41) is 5.04. The van der Waals surface area contributed by atoms with E-state index in [9.17, 15) is 14.4 Å². The number of rotatable bonds is 4. The number of fused-ring (bicyclic) bond motifs is 1. The van der Waals surface area contributed by atoms with Crippen LogP contribution in [-0.4, -0.2) is 60.2 Å². The molecule has 3 amide bonds. The maximum Gasteiger partial charge on any atom is 0.247 e. The minimum atomic E-state index is -0.764. The van der Waals surface area contributed by atoms with Crippen molar-refractivity contribution in [2.75, 3.05) is 31.6 Å². The number of ether oxygens (including phenoxy) is 1. The highest BCUT2D eigenvalue weighted by molar-refractivity contribution is 8.01. The summed E-state index contributed by atoms with van der Waals surface area (Å²) in [6, 6.07) is 7.49. The van der Waals surface area contributed by atoms with Crippen molar-refractivity contribution in [3.05, 3.63) is 24.3 Å². The molecule has 3 aliphatic heterocycles. The number of carbonyl (C=O) groups excluding carboxylic acids is 3. The predicted molar refractivity (Wildman–Crippen MR) is 106 cm³/mol. The van der Waals surface area contributed by atoms with Crippen LogP contribution >= 0.6 is 11.8 Å². The fraction of sp³-hybridized carbons (Fsp3) is 0.550. The Bertz CT molecular complexity index is 758. The number of piperidine rings is 1. The molecule has 2 unspecified atom stereocenters. The molecule has 3 heterocycles. The molecule has 1 aromatic rings. The van der Waals surface area contributed by atoms with Crippen LogP contribution in [0, 0.1) is 5.92 Å². The van der Waals surface area contributed by atoms with Crippen LogP contribution in [0.15, 0.2) is 29.2 Å². The Morgan fingerprint density at radius 2 is 2.00 bits per heavy atom. The van der Waals surface area contributed by atoms with Gasteiger partial charge in [0, 0.05) is 37.1 Å². The maximum atomic E-state index is 12.9. The van der Waals surface area contributed by atoms with Crippen LogP contribution in [0.25, 0.3) is 0 Å². The quantitative estimate of drug-likeness (QED) is 0.746. The molecule has 2 fully saturated rings. The summed E-state index contributed by atoms with van der Waals surface area (Å²) in [5.41, 5.74) is 0.753. The highest BCUT2D eigenvalue weighted by atomic mass is 32.2. The van der Waals surface area contributed by atoms with Gasteiger partial charge in [0.05, 0.1) is 11.8 Å². The summed E-state index contributed by atoms with van der Waals surface area (Å²) in [6.45, 7) is 2.35. The second-order valence-electron chi connectivity index (χ2n) is 7.46. The summed E-state index contributed by atoms with van der Waals surface area (Å²) in [6.07, 6.45) is 3.43. The Kier molecular flexibility index (Phi) is 5.87. The summed E-state index contributed by atoms with van der Waals surface area (Å²) in [7, 11) is 0. The minimum absolute atomic E-state index is 0.0429. The van der Waals surface area contributed by atoms with E-state index in [1.807, 2.05) is 24.3 Å². The minimum Gasteiger partial charge on any atom is -0.376 e. The van der Waals surface area contributed by atoms with Crippen LogP contribution in [0.2, 0.25) is 0 Å². The van der Waals surface area contributed by atoms with E-state index in [1.54, 1.807) is 4.90 Å². The molecule has 0 aromatic heterocycles. The van der Waals surface area contributed by atoms with Crippen LogP contribution in [0.1, 0.15) is 25.7 Å². The topological polar surface area (TPSA) is 87.7 Å². The Morgan fingerprint density at radius 1 is 1.21 bits per heavy atom. The zero-order chi connectivity index (χ0) is 19.5. The average Bonchev–Trinajstić information content (AvgIpc) is 3.25. The largest absolute Gasteiger partial charge is 0.376 e. The normalized spacial score (nSPS) is 25.1. The third kappa shape index (κ3) is 4.17. The molecule has 4 rings (SSSR count). The van der Waals surface area contributed by atoms with Crippen molar-refractivity contribution >= 4 is 35.2 Å². The predicted octanol–water partition coefficient (Wildman–Crippen LogP) is 1.63. The van der Waals surface area contributed by atoms with E-state index in [-0.39, 0.29) is 29.7 Å². The van der Waals surface area contributed by atoms with E-state index in [4.69, 9.17) is 4.74 Å². The summed E-state index contributed by atoms with van der Waals surface area (Å²) in [4.78, 5) is 40.3. The Hall–Kier alpha value is -2.06. The van der Waals surface area contributed by atoms with Gasteiger partial charge in [-0.3, -0.25) is 14.4 Å². The Morgan fingerprint density at radius 3 is 2.75 bits per heavy atom. The van der Waals surface area contributed by atoms with Crippen LogP contribution in [0.5, 0.6) is 0 Å². The highest BCUT2D eigenvalue weighted by Crippen LogP contribution is 2.36. The first kappa shape index (κ1) is 19.3. The number of nitrogens with one attached hydrogen (secondary N) is 2. The number of hydrogen-bond acceptors (Lipinski definition) is 5. The monoisotopic (exact) mass is 403 g/mol. The molecular weight excluding hydrogens is 378 g/mol. The van der Waals surface area contributed by atoms with Crippen LogP contribution in [0.4, 0.5) is 5.69 Å². The molecule has 2 atom stereocenters. The van der Waals surface area contributed by atoms with E-state index in [0.29, 0.717) is 32.5 Å². The molecular formula is C20H25N3O4S. The number of carbonyl (C=O) groups is 3. The van der Waals surface area contributed by atoms with Crippen LogP contribution in [0.3, 0.4) is 0 Å². The molecule has 1 aromatic carbocycles. The number of thioether (sulfide) groups is 1. The number of likely N-dealkylation sites (tertiary alicyclic amines) is 1. The van der Waals surface area contributed by atoms with Crippen molar-refractivity contribution in [1.82, 2.24) is 10.2 Å². The first-order valence-electron chi connectivity index (χ1n) is 9.86. The molecule has 150 valence electrons. The average molecular weight is 404 g/mol. The lowest BCUT2D eigenvalue weighted by Crippen LogP contribution is -2.49. The molecule has 3 aliphatic rings. The van der Waals surface area contributed by atoms with Gasteiger partial charge in [0.25, 0.3) is 0 Å². The molecule has 0 aliphatic carbocycles. The lowest BCUT2D eigenvalue weighted by molar-refractivity contribution is -0.137. The zero-order valence-corrected chi connectivity index (χ0v) is 16.5. The van der Waals surface area contributed by atoms with Gasteiger partial charge >= 0.3 is 0 Å². The van der Waals surface area contributed by atoms with E-state index in [0.717, 1.165) is 30.0 Å². The first-order valence-corrected chi connectivity index (χ1v) is 10.7. The van der Waals surface area contributed by atoms with Crippen LogP contribution in [-0.2, 0) is 19.1 Å². The highest BCUT2D eigenvalue weighted by Gasteiger charge is 2.37. The van der Waals surface area contributed by atoms with Gasteiger partial charge in [0.2, 0.25) is 17.7 Å². The Balaban J connectivity index is 1.28. The standard InChI is InChI=1S/C20H25N3O4S/c24-18(21-12-14-4-3-11-27-14)13-7-9-23(10-8-13)20(26)17-19(25)22-15-5-1-2-6-16(15)28-17/h1-2,5-6,13-14,17H,3-4,7-12H2,(H,21,24)(H,22,25). The van der Waals surface area contributed by atoms with E-state index >= 15 is 0 Å². The molecule has 0 spiro atoms. The molecule has 0 radical (unpaired) electrons. The lowest BCUT2D eigenvalue weighted by atomic mass is 9.95. The number of anilines is 1. The van der Waals surface area contributed by atoms with E-state index < -0.39 is 5.25 Å². The summed E-state index contributed by atoms with van der Waals surface area (Å²) in [5.74, 6) is -0.485. The van der Waals surface area contributed by atoms with Gasteiger partial charge in [-0.2, -0.15) is 0 Å². The number of benzene rings is 1. The lowest BCUT2D eigenvalue weighted by Gasteiger charge is -2.34. The van der Waals surface area contributed by atoms with Gasteiger partial charge in [-0.1, -0.05) is 12.1 Å². The fourth-order valence-electron chi connectivity index (χ4n) is 3.91. The second kappa shape index (κ2) is 8.53. The summed E-state index contributed by atoms with van der Waals surface area (Å²) >= 11 is 1.30. The molecule has 8 heteroatoms. The molecule has 0 bridgehead atoms. The van der Waals surface area contributed by atoms with Gasteiger partial charge in [0.1, 0.15) is 0 Å². The molecule has 2 N–H and O–H groups in total. The van der Waals surface area contributed by atoms with Gasteiger partial charge in [-0.05, 0) is 37.8 Å². The van der Waals surface area contributed by atoms with E-state index in [2.05, 4.69) is 10.6 Å². The van der Waals surface area contributed by atoms with Gasteiger partial charge < -0.3 is 20.3 Å². The zero-order valence-electron chi connectivity index (χ0n) is 15.7. The smallest absolute Gasteiger partial charge is 0.247 e. The van der Waals surface area contributed by atoms with Gasteiger partial charge in [0.15, 0.2) is 5.25 Å². The molecule has 7 nitrogen and oxygen atoms in total. The van der Waals surface area contributed by atoms with Crippen molar-refractivity contribution in [3.8, 4) is 0 Å². The van der Waals surface area contributed by atoms with Crippen molar-refractivity contribution in [2.45, 2.75) is 41.9 Å². The van der Waals surface area contributed by atoms with Crippen molar-refractivity contribution in [2.24, 2.45) is 5.92 Å². The third-order valence-corrected chi connectivity index (χ3v) is 6.82. The number of nitrogens with zero attached hydrogens (tertiary/aromatic N) is 1. The van der Waals surface area contributed by atoms with Crippen molar-refractivity contribution in [1.29, 1.82) is 0 Å². The number of hydrogen-bond donors (Lipinski definition) is 2. The summed E-state index contributed by atoms with van der Waals surface area (Å²) < 4.78 is 5.53.